The molecule has 8 heteroatoms. The van der Waals surface area contributed by atoms with Gasteiger partial charge in [0.05, 0.1) is 0 Å². The van der Waals surface area contributed by atoms with E-state index in [4.69, 9.17) is 10.3 Å². The van der Waals surface area contributed by atoms with Crippen molar-refractivity contribution in [1.82, 2.24) is 15.5 Å². The molecule has 2 aromatic rings. The molecule has 0 radical (unpaired) electrons. The monoisotopic (exact) mass is 344 g/mol. The lowest BCUT2D eigenvalue weighted by Crippen LogP contribution is -2.41. The van der Waals surface area contributed by atoms with Gasteiger partial charge in [-0.1, -0.05) is 5.16 Å². The number of halogens is 2. The molecule has 1 atom stereocenters. The van der Waals surface area contributed by atoms with Gasteiger partial charge in [0.25, 0.3) is 5.91 Å². The van der Waals surface area contributed by atoms with Crippen LogP contribution in [0.1, 0.15) is 23.3 Å². The van der Waals surface area contributed by atoms with Crippen LogP contribution in [0.15, 0.2) is 35.1 Å². The average molecular weight is 345 g/mol. The molecule has 1 fully saturated rings. The van der Waals surface area contributed by atoms with Crippen LogP contribution in [-0.2, 0) is 0 Å². The SMILES string of the molecule is Cl.Cl.NCC(NC(=O)c1cc(-c2ccncc2)on1)C1CC1. The van der Waals surface area contributed by atoms with Crippen molar-refractivity contribution in [2.75, 3.05) is 6.54 Å². The predicted octanol–water partition coefficient (Wildman–Crippen LogP) is 2.05. The third-order valence-electron chi connectivity index (χ3n) is 3.47. The van der Waals surface area contributed by atoms with E-state index in [1.54, 1.807) is 30.6 Å². The van der Waals surface area contributed by atoms with Crippen LogP contribution in [0.25, 0.3) is 11.3 Å². The zero-order valence-electron chi connectivity index (χ0n) is 11.8. The van der Waals surface area contributed by atoms with Crippen molar-refractivity contribution >= 4 is 30.7 Å². The standard InChI is InChI=1S/C14H16N4O2.2ClH/c15-8-12(9-1-2-9)17-14(19)11-7-13(20-18-11)10-3-5-16-6-4-10;;/h3-7,9,12H,1-2,8,15H2,(H,17,19);2*1H. The fraction of sp³-hybridized carbons (Fsp3) is 0.357. The molecular formula is C14H18Cl2N4O2. The Morgan fingerprint density at radius 1 is 1.36 bits per heavy atom. The summed E-state index contributed by atoms with van der Waals surface area (Å²) < 4.78 is 5.19. The van der Waals surface area contributed by atoms with Gasteiger partial charge >= 0.3 is 0 Å². The molecule has 0 saturated heterocycles. The van der Waals surface area contributed by atoms with Crippen LogP contribution in [0, 0.1) is 5.92 Å². The first-order chi connectivity index (χ1) is 9.78. The molecule has 22 heavy (non-hydrogen) atoms. The van der Waals surface area contributed by atoms with Crippen molar-refractivity contribution in [3.05, 3.63) is 36.3 Å². The molecule has 3 N–H and O–H groups in total. The summed E-state index contributed by atoms with van der Waals surface area (Å²) in [7, 11) is 0. The van der Waals surface area contributed by atoms with E-state index in [-0.39, 0.29) is 42.5 Å². The Morgan fingerprint density at radius 3 is 2.64 bits per heavy atom. The van der Waals surface area contributed by atoms with Crippen molar-refractivity contribution in [2.45, 2.75) is 18.9 Å². The maximum Gasteiger partial charge on any atom is 0.273 e. The molecule has 0 spiro atoms. The van der Waals surface area contributed by atoms with Crippen LogP contribution >= 0.6 is 24.8 Å². The number of nitrogens with zero attached hydrogens (tertiary/aromatic N) is 2. The first-order valence-corrected chi connectivity index (χ1v) is 6.66. The Hall–Kier alpha value is -1.63. The van der Waals surface area contributed by atoms with Crippen LogP contribution in [0.5, 0.6) is 0 Å². The molecule has 1 aliphatic rings. The van der Waals surface area contributed by atoms with Gasteiger partial charge in [-0.05, 0) is 30.9 Å². The van der Waals surface area contributed by atoms with Gasteiger partial charge in [-0.2, -0.15) is 0 Å². The van der Waals surface area contributed by atoms with Crippen LogP contribution in [0.4, 0.5) is 0 Å². The van der Waals surface area contributed by atoms with Gasteiger partial charge in [-0.25, -0.2) is 0 Å². The maximum atomic E-state index is 12.1. The summed E-state index contributed by atoms with van der Waals surface area (Å²) in [4.78, 5) is 16.0. The predicted molar refractivity (Wildman–Crippen MR) is 87.3 cm³/mol. The largest absolute Gasteiger partial charge is 0.355 e. The fourth-order valence-electron chi connectivity index (χ4n) is 2.14. The molecule has 0 aliphatic heterocycles. The lowest BCUT2D eigenvalue weighted by Gasteiger charge is -2.14. The lowest BCUT2D eigenvalue weighted by atomic mass is 10.1. The highest BCUT2D eigenvalue weighted by Gasteiger charge is 2.31. The molecule has 1 amide bonds. The zero-order valence-corrected chi connectivity index (χ0v) is 13.4. The van der Waals surface area contributed by atoms with E-state index in [0.29, 0.717) is 18.2 Å². The highest BCUT2D eigenvalue weighted by molar-refractivity contribution is 5.93. The van der Waals surface area contributed by atoms with E-state index in [1.807, 2.05) is 0 Å². The Kier molecular flexibility index (Phi) is 6.80. The normalized spacial score (nSPS) is 14.4. The summed E-state index contributed by atoms with van der Waals surface area (Å²) in [6, 6.07) is 5.26. The van der Waals surface area contributed by atoms with Crippen molar-refractivity contribution in [2.24, 2.45) is 11.7 Å². The van der Waals surface area contributed by atoms with Gasteiger partial charge in [-0.15, -0.1) is 24.8 Å². The summed E-state index contributed by atoms with van der Waals surface area (Å²) in [5.41, 5.74) is 6.78. The molecule has 0 aromatic carbocycles. The molecular weight excluding hydrogens is 327 g/mol. The number of rotatable bonds is 5. The van der Waals surface area contributed by atoms with E-state index < -0.39 is 0 Å². The van der Waals surface area contributed by atoms with Gasteiger partial charge in [0.15, 0.2) is 11.5 Å². The van der Waals surface area contributed by atoms with E-state index in [2.05, 4.69) is 15.5 Å². The third kappa shape index (κ3) is 4.19. The minimum atomic E-state index is -0.239. The second-order valence-corrected chi connectivity index (χ2v) is 4.97. The molecule has 1 unspecified atom stereocenters. The number of nitrogens with one attached hydrogen (secondary N) is 1. The smallest absolute Gasteiger partial charge is 0.273 e. The third-order valence-corrected chi connectivity index (χ3v) is 3.47. The molecule has 1 saturated carbocycles. The Bertz CT molecular complexity index is 602. The fourth-order valence-corrected chi connectivity index (χ4v) is 2.14. The van der Waals surface area contributed by atoms with Crippen molar-refractivity contribution in [1.29, 1.82) is 0 Å². The van der Waals surface area contributed by atoms with Crippen molar-refractivity contribution < 1.29 is 9.32 Å². The first-order valence-electron chi connectivity index (χ1n) is 6.66. The Labute approximate surface area is 140 Å². The molecule has 6 nitrogen and oxygen atoms in total. The summed E-state index contributed by atoms with van der Waals surface area (Å²) >= 11 is 0. The van der Waals surface area contributed by atoms with Gasteiger partial charge in [0.2, 0.25) is 0 Å². The molecule has 2 aromatic heterocycles. The highest BCUT2D eigenvalue weighted by atomic mass is 35.5. The topological polar surface area (TPSA) is 94.0 Å². The summed E-state index contributed by atoms with van der Waals surface area (Å²) in [5.74, 6) is 0.820. The number of nitrogens with two attached hydrogens (primary N) is 1. The summed E-state index contributed by atoms with van der Waals surface area (Å²) in [6.45, 7) is 0.450. The van der Waals surface area contributed by atoms with E-state index in [0.717, 1.165) is 18.4 Å². The van der Waals surface area contributed by atoms with E-state index in [9.17, 15) is 4.79 Å². The van der Waals surface area contributed by atoms with E-state index in [1.165, 1.54) is 0 Å². The average Bonchev–Trinajstić information content (AvgIpc) is 3.21. The summed E-state index contributed by atoms with van der Waals surface area (Å²) in [5, 5.41) is 6.72. The van der Waals surface area contributed by atoms with Gasteiger partial charge in [0.1, 0.15) is 0 Å². The van der Waals surface area contributed by atoms with Gasteiger partial charge < -0.3 is 15.6 Å². The lowest BCUT2D eigenvalue weighted by molar-refractivity contribution is 0.0924. The quantitative estimate of drug-likeness (QED) is 0.865. The number of aromatic nitrogens is 2. The first kappa shape index (κ1) is 18.4. The number of pyridine rings is 1. The van der Waals surface area contributed by atoms with Crippen LogP contribution in [0.2, 0.25) is 0 Å². The highest BCUT2D eigenvalue weighted by Crippen LogP contribution is 2.32. The van der Waals surface area contributed by atoms with Gasteiger partial charge in [0, 0.05) is 36.6 Å². The Balaban J connectivity index is 0.00000121. The number of hydrogen-bond donors (Lipinski definition) is 2. The molecule has 3 rings (SSSR count). The number of carbonyl (C=O) groups excluding carboxylic acids is 1. The molecule has 2 heterocycles. The van der Waals surface area contributed by atoms with Crippen LogP contribution < -0.4 is 11.1 Å². The minimum Gasteiger partial charge on any atom is -0.355 e. The second-order valence-electron chi connectivity index (χ2n) is 4.97. The number of hydrogen-bond acceptors (Lipinski definition) is 5. The van der Waals surface area contributed by atoms with Crippen LogP contribution in [-0.4, -0.2) is 28.6 Å². The van der Waals surface area contributed by atoms with Crippen LogP contribution in [0.3, 0.4) is 0 Å². The number of amides is 1. The van der Waals surface area contributed by atoms with E-state index >= 15 is 0 Å². The zero-order chi connectivity index (χ0) is 13.9. The van der Waals surface area contributed by atoms with Gasteiger partial charge in [-0.3, -0.25) is 9.78 Å². The number of carbonyl (C=O) groups is 1. The molecule has 1 aliphatic carbocycles. The summed E-state index contributed by atoms with van der Waals surface area (Å²) in [6.07, 6.45) is 5.58. The maximum absolute atomic E-state index is 12.1. The second kappa shape index (κ2) is 8.12. The molecule has 120 valence electrons. The Morgan fingerprint density at radius 2 is 2.05 bits per heavy atom. The van der Waals surface area contributed by atoms with Crippen molar-refractivity contribution in [3.63, 3.8) is 0 Å². The minimum absolute atomic E-state index is 0. The van der Waals surface area contributed by atoms with Crippen molar-refractivity contribution in [3.8, 4) is 11.3 Å². The molecule has 0 bridgehead atoms.